The Morgan fingerprint density at radius 3 is 2.12 bits per heavy atom. The number of carbonyl (C=O) groups excluding carboxylic acids is 1. The number of hydrogen-bond acceptors (Lipinski definition) is 7. The van der Waals surface area contributed by atoms with E-state index in [1.54, 1.807) is 36.7 Å². The number of aromatic amines is 1. The number of aryl methyl sites for hydroxylation is 1. The summed E-state index contributed by atoms with van der Waals surface area (Å²) < 4.78 is 78.7. The number of carbonyl (C=O) groups is 3. The molecule has 0 aliphatic rings. The first kappa shape index (κ1) is 38.2. The normalized spacial score (nSPS) is 11.8. The summed E-state index contributed by atoms with van der Waals surface area (Å²) in [7, 11) is 0. The van der Waals surface area contributed by atoms with Crippen LogP contribution in [0, 0.1) is 5.82 Å². The van der Waals surface area contributed by atoms with Gasteiger partial charge in [-0.1, -0.05) is 37.3 Å². The Labute approximate surface area is 277 Å². The molecule has 3 aromatic carbocycles. The van der Waals surface area contributed by atoms with Crippen molar-refractivity contribution in [3.63, 3.8) is 0 Å². The van der Waals surface area contributed by atoms with Gasteiger partial charge in [0.2, 0.25) is 5.91 Å². The lowest BCUT2D eigenvalue weighted by Gasteiger charge is -2.20. The van der Waals surface area contributed by atoms with Gasteiger partial charge in [0, 0.05) is 40.2 Å². The van der Waals surface area contributed by atoms with Gasteiger partial charge in [-0.05, 0) is 53.8 Å². The van der Waals surface area contributed by atoms with Crippen LogP contribution in [0.3, 0.4) is 0 Å². The molecule has 1 atom stereocenters. The molecule has 11 nitrogen and oxygen atoms in total. The van der Waals surface area contributed by atoms with Crippen LogP contribution in [0.4, 0.5) is 42.2 Å². The van der Waals surface area contributed by atoms with Crippen LogP contribution in [0.5, 0.6) is 0 Å². The molecule has 0 radical (unpaired) electrons. The van der Waals surface area contributed by atoms with Gasteiger partial charge < -0.3 is 32.0 Å². The number of nitrogens with two attached hydrogens (primary N) is 2. The number of carboxylic acids is 2. The molecule has 2 heterocycles. The van der Waals surface area contributed by atoms with E-state index >= 15 is 4.39 Å². The van der Waals surface area contributed by atoms with E-state index in [9.17, 15) is 31.1 Å². The number of carboxylic acid groups (broad SMARTS) is 2. The Kier molecular flexibility index (Phi) is 12.1. The van der Waals surface area contributed by atoms with E-state index in [-0.39, 0.29) is 5.82 Å². The zero-order valence-corrected chi connectivity index (χ0v) is 25.6. The number of pyridine rings is 1. The van der Waals surface area contributed by atoms with Crippen molar-refractivity contribution in [1.29, 1.82) is 0 Å². The molecule has 50 heavy (non-hydrogen) atoms. The third-order valence-electron chi connectivity index (χ3n) is 6.71. The summed E-state index contributed by atoms with van der Waals surface area (Å²) in [5, 5.41) is 19.4. The van der Waals surface area contributed by atoms with Gasteiger partial charge in [0.05, 0.1) is 5.69 Å². The Morgan fingerprint density at radius 2 is 1.54 bits per heavy atom. The summed E-state index contributed by atoms with van der Waals surface area (Å²) >= 11 is 0. The second-order valence-electron chi connectivity index (χ2n) is 10.1. The average molecular weight is 709 g/mol. The van der Waals surface area contributed by atoms with Gasteiger partial charge in [0.15, 0.2) is 0 Å². The van der Waals surface area contributed by atoms with Gasteiger partial charge in [-0.3, -0.25) is 4.79 Å². The van der Waals surface area contributed by atoms with Crippen molar-refractivity contribution in [2.24, 2.45) is 5.73 Å². The molecule has 5 rings (SSSR count). The number of alkyl halides is 6. The van der Waals surface area contributed by atoms with E-state index < -0.39 is 36.2 Å². The fourth-order valence-electron chi connectivity index (χ4n) is 4.33. The van der Waals surface area contributed by atoms with Crippen molar-refractivity contribution < 1.29 is 55.3 Å². The van der Waals surface area contributed by atoms with E-state index in [2.05, 4.69) is 15.3 Å². The second-order valence-corrected chi connectivity index (χ2v) is 10.1. The van der Waals surface area contributed by atoms with E-state index in [0.717, 1.165) is 28.4 Å². The number of halogens is 7. The molecule has 0 fully saturated rings. The van der Waals surface area contributed by atoms with E-state index in [1.165, 1.54) is 6.07 Å². The summed E-state index contributed by atoms with van der Waals surface area (Å²) in [4.78, 5) is 41.8. The summed E-state index contributed by atoms with van der Waals surface area (Å²) in [6.45, 7) is 2.02. The minimum atomic E-state index is -5.08. The lowest BCUT2D eigenvalue weighted by Crippen LogP contribution is -2.21. The van der Waals surface area contributed by atoms with Crippen LogP contribution in [0.1, 0.15) is 40.3 Å². The van der Waals surface area contributed by atoms with Crippen LogP contribution in [-0.4, -0.2) is 55.4 Å². The second kappa shape index (κ2) is 15.8. The maximum Gasteiger partial charge on any atom is 0.490 e. The minimum absolute atomic E-state index is 0.352. The molecular formula is C32H27F7N6O5. The highest BCUT2D eigenvalue weighted by Gasteiger charge is 2.39. The van der Waals surface area contributed by atoms with Crippen LogP contribution < -0.4 is 16.8 Å². The molecule has 0 aliphatic heterocycles. The molecule has 8 N–H and O–H groups in total. The fraction of sp³-hybridized carbons (Fsp3) is 0.156. The third kappa shape index (κ3) is 9.91. The monoisotopic (exact) mass is 708 g/mol. The molecule has 18 heteroatoms. The van der Waals surface area contributed by atoms with E-state index in [0.29, 0.717) is 34.0 Å². The number of imidazole rings is 1. The Balaban J connectivity index is 0.000000408. The number of primary amides is 1. The maximum atomic E-state index is 15.2. The molecule has 0 saturated heterocycles. The number of H-pyrrole nitrogens is 1. The van der Waals surface area contributed by atoms with Crippen molar-refractivity contribution in [3.05, 3.63) is 107 Å². The number of nitrogen functional groups attached to an aromatic ring is 1. The van der Waals surface area contributed by atoms with Crippen LogP contribution >= 0.6 is 0 Å². The summed E-state index contributed by atoms with van der Waals surface area (Å²) in [6.07, 6.45) is -6.06. The molecule has 0 bridgehead atoms. The Bertz CT molecular complexity index is 1970. The van der Waals surface area contributed by atoms with Gasteiger partial charge in [0.25, 0.3) is 0 Å². The van der Waals surface area contributed by atoms with E-state index in [4.69, 9.17) is 36.3 Å². The quantitative estimate of drug-likeness (QED) is 0.103. The molecule has 1 amide bonds. The highest BCUT2D eigenvalue weighted by atomic mass is 19.4. The minimum Gasteiger partial charge on any atom is -0.475 e. The number of nitrogens with one attached hydrogen (secondary N) is 2. The van der Waals surface area contributed by atoms with E-state index in [1.807, 2.05) is 43.3 Å². The highest BCUT2D eigenvalue weighted by Crippen LogP contribution is 2.32. The lowest BCUT2D eigenvalue weighted by molar-refractivity contribution is -0.193. The number of hydrogen-bond donors (Lipinski definition) is 6. The smallest absolute Gasteiger partial charge is 0.475 e. The summed E-state index contributed by atoms with van der Waals surface area (Å²) in [5.41, 5.74) is 15.3. The number of fused-ring (bicyclic) bond motifs is 1. The highest BCUT2D eigenvalue weighted by molar-refractivity contribution is 5.99. The number of nitrogens with zero attached hydrogens (tertiary/aromatic N) is 2. The van der Waals surface area contributed by atoms with Gasteiger partial charge in [-0.15, -0.1) is 0 Å². The predicted molar refractivity (Wildman–Crippen MR) is 167 cm³/mol. The van der Waals surface area contributed by atoms with Gasteiger partial charge >= 0.3 is 24.3 Å². The van der Waals surface area contributed by atoms with Crippen LogP contribution in [-0.2, 0) is 16.0 Å². The fourth-order valence-corrected chi connectivity index (χ4v) is 4.33. The van der Waals surface area contributed by atoms with Gasteiger partial charge in [0.1, 0.15) is 23.5 Å². The average Bonchev–Trinajstić information content (AvgIpc) is 3.54. The zero-order valence-electron chi connectivity index (χ0n) is 25.6. The van der Waals surface area contributed by atoms with Crippen LogP contribution in [0.2, 0.25) is 0 Å². The molecule has 5 aromatic rings. The van der Waals surface area contributed by atoms with Crippen molar-refractivity contribution in [2.45, 2.75) is 31.7 Å². The Hall–Kier alpha value is -6.20. The standard InChI is InChI=1S/C28H25FN6O.2C2HF3O2/c1-2-16-7-10-23(29)22(13-16)25(34-18-8-9-19-17(14-18)11-12-32-26(19)30)28-33-15-24(35-28)20-5-3-4-6-21(20)27(31)36;2*3-2(4,5)1(6)7/h3-15,25,34H,2H2,1H3,(H2,30,32)(H2,31,36)(H,33,35);2*(H,6,7). The van der Waals surface area contributed by atoms with Crippen LogP contribution in [0.15, 0.2) is 79.1 Å². The first-order valence-electron chi connectivity index (χ1n) is 14.1. The van der Waals surface area contributed by atoms with Crippen molar-refractivity contribution in [3.8, 4) is 11.3 Å². The summed E-state index contributed by atoms with van der Waals surface area (Å²) in [6, 6.07) is 19.0. The lowest BCUT2D eigenvalue weighted by atomic mass is 10.0. The van der Waals surface area contributed by atoms with Crippen LogP contribution in [0.25, 0.3) is 22.0 Å². The molecule has 264 valence electrons. The van der Waals surface area contributed by atoms with Crippen molar-refractivity contribution in [1.82, 2.24) is 15.0 Å². The topological polar surface area (TPSA) is 197 Å². The summed E-state index contributed by atoms with van der Waals surface area (Å²) in [5.74, 6) is -5.47. The van der Waals surface area contributed by atoms with Gasteiger partial charge in [-0.25, -0.2) is 23.9 Å². The molecule has 0 saturated carbocycles. The number of anilines is 2. The Morgan fingerprint density at radius 1 is 0.920 bits per heavy atom. The third-order valence-corrected chi connectivity index (χ3v) is 6.71. The predicted octanol–water partition coefficient (Wildman–Crippen LogP) is 6.48. The molecule has 0 spiro atoms. The number of aromatic nitrogens is 3. The number of aliphatic carboxylic acids is 2. The first-order valence-corrected chi connectivity index (χ1v) is 14.1. The molecule has 2 aromatic heterocycles. The largest absolute Gasteiger partial charge is 0.490 e. The zero-order chi connectivity index (χ0) is 37.4. The maximum absolute atomic E-state index is 15.2. The van der Waals surface area contributed by atoms with Gasteiger partial charge in [-0.2, -0.15) is 26.3 Å². The molecule has 0 aliphatic carbocycles. The number of amides is 1. The SMILES string of the molecule is CCc1ccc(F)c(C(Nc2ccc3c(N)nccc3c2)c2nc(-c3ccccc3C(N)=O)c[nH]2)c1.O=C(O)C(F)(F)F.O=C(O)C(F)(F)F. The molecular weight excluding hydrogens is 681 g/mol. The van der Waals surface area contributed by atoms with Crippen molar-refractivity contribution >= 4 is 40.1 Å². The van der Waals surface area contributed by atoms with Crippen molar-refractivity contribution in [2.75, 3.05) is 11.1 Å². The number of rotatable bonds is 7. The molecule has 1 unspecified atom stereocenters. The first-order chi connectivity index (χ1) is 23.3. The number of benzene rings is 3.